The van der Waals surface area contributed by atoms with Gasteiger partial charge >= 0.3 is 0 Å². The van der Waals surface area contributed by atoms with Crippen LogP contribution in [0.4, 0.5) is 0 Å². The monoisotopic (exact) mass is 314 g/mol. The Morgan fingerprint density at radius 2 is 1.87 bits per heavy atom. The van der Waals surface area contributed by atoms with E-state index < -0.39 is 5.97 Å². The van der Waals surface area contributed by atoms with E-state index in [1.165, 1.54) is 25.1 Å². The van der Waals surface area contributed by atoms with E-state index in [-0.39, 0.29) is 5.56 Å². The van der Waals surface area contributed by atoms with E-state index in [1.807, 2.05) is 12.1 Å². The Hall–Kier alpha value is -2.10. The van der Waals surface area contributed by atoms with Crippen molar-refractivity contribution in [2.24, 2.45) is 0 Å². The van der Waals surface area contributed by atoms with Gasteiger partial charge in [-0.05, 0) is 24.0 Å². The molecule has 0 bridgehead atoms. The number of imidazole rings is 1. The lowest BCUT2D eigenvalue weighted by molar-refractivity contribution is -0.695. The molecule has 124 valence electrons. The number of aromatic nitrogens is 2. The standard InChI is InChI=1S/C19H26N2O2/c1-3-5-6-7-18-20(12-4-2)13-14-21(18)15-16-8-10-17(11-9-16)19(22)23/h8-11,13-14H,3-7,12,15H2,1-2H3. The van der Waals surface area contributed by atoms with Crippen molar-refractivity contribution in [2.45, 2.75) is 59.0 Å². The Labute approximate surface area is 138 Å². The smallest absolute Gasteiger partial charge is 0.256 e. The molecule has 0 radical (unpaired) electrons. The van der Waals surface area contributed by atoms with E-state index >= 15 is 0 Å². The van der Waals surface area contributed by atoms with E-state index in [1.54, 1.807) is 12.1 Å². The van der Waals surface area contributed by atoms with Gasteiger partial charge in [-0.2, -0.15) is 0 Å². The summed E-state index contributed by atoms with van der Waals surface area (Å²) < 4.78 is 4.62. The second-order valence-corrected chi connectivity index (χ2v) is 5.98. The number of nitrogens with zero attached hydrogens (tertiary/aromatic N) is 2. The molecule has 0 amide bonds. The predicted molar refractivity (Wildman–Crippen MR) is 88.0 cm³/mol. The molecule has 23 heavy (non-hydrogen) atoms. The van der Waals surface area contributed by atoms with Gasteiger partial charge in [-0.15, -0.1) is 0 Å². The minimum atomic E-state index is -1.13. The highest BCUT2D eigenvalue weighted by atomic mass is 16.4. The third-order valence-corrected chi connectivity index (χ3v) is 4.10. The van der Waals surface area contributed by atoms with Gasteiger partial charge in [-0.3, -0.25) is 0 Å². The lowest BCUT2D eigenvalue weighted by atomic mass is 10.1. The molecule has 0 spiro atoms. The molecule has 1 aromatic heterocycles. The van der Waals surface area contributed by atoms with Gasteiger partial charge in [0.2, 0.25) is 0 Å². The summed E-state index contributed by atoms with van der Waals surface area (Å²) in [6.07, 6.45) is 10.2. The van der Waals surface area contributed by atoms with Gasteiger partial charge in [-0.1, -0.05) is 51.0 Å². The molecule has 0 unspecified atom stereocenters. The topological polar surface area (TPSA) is 48.9 Å². The number of carboxylic acid groups (broad SMARTS) is 1. The van der Waals surface area contributed by atoms with Crippen LogP contribution in [0.1, 0.15) is 61.3 Å². The summed E-state index contributed by atoms with van der Waals surface area (Å²) in [5.41, 5.74) is 1.33. The first-order valence-electron chi connectivity index (χ1n) is 8.53. The van der Waals surface area contributed by atoms with Crippen molar-refractivity contribution in [1.82, 2.24) is 4.57 Å². The van der Waals surface area contributed by atoms with Gasteiger partial charge in [0.05, 0.1) is 12.5 Å². The van der Waals surface area contributed by atoms with E-state index in [0.717, 1.165) is 31.5 Å². The van der Waals surface area contributed by atoms with Crippen molar-refractivity contribution in [1.29, 1.82) is 0 Å². The van der Waals surface area contributed by atoms with Crippen molar-refractivity contribution < 1.29 is 14.5 Å². The number of aromatic carboxylic acids is 1. The molecule has 4 heteroatoms. The lowest BCUT2D eigenvalue weighted by Gasteiger charge is -2.06. The van der Waals surface area contributed by atoms with Gasteiger partial charge in [0.15, 0.2) is 0 Å². The Morgan fingerprint density at radius 3 is 2.48 bits per heavy atom. The van der Waals surface area contributed by atoms with Crippen LogP contribution in [0, 0.1) is 0 Å². The molecule has 1 aromatic carbocycles. The molecule has 0 N–H and O–H groups in total. The lowest BCUT2D eigenvalue weighted by Crippen LogP contribution is -2.38. The fraction of sp³-hybridized carbons (Fsp3) is 0.474. The van der Waals surface area contributed by atoms with Gasteiger partial charge in [0, 0.05) is 6.42 Å². The summed E-state index contributed by atoms with van der Waals surface area (Å²) in [6.45, 7) is 6.22. The normalized spacial score (nSPS) is 10.9. The maximum atomic E-state index is 10.8. The quantitative estimate of drug-likeness (QED) is 0.527. The van der Waals surface area contributed by atoms with Crippen LogP contribution < -0.4 is 9.67 Å². The number of benzene rings is 1. The van der Waals surface area contributed by atoms with Crippen molar-refractivity contribution in [3.63, 3.8) is 0 Å². The molecule has 0 fully saturated rings. The predicted octanol–water partition coefficient (Wildman–Crippen LogP) is 2.33. The molecule has 0 saturated carbocycles. The van der Waals surface area contributed by atoms with Crippen molar-refractivity contribution in [3.05, 3.63) is 53.6 Å². The number of unbranched alkanes of at least 4 members (excludes halogenated alkanes) is 2. The molecule has 4 nitrogen and oxygen atoms in total. The SMILES string of the molecule is CCCCCc1n(CCC)cc[n+]1Cc1ccc(C(=O)[O-])cc1. The Bertz CT molecular complexity index is 629. The Balaban J connectivity index is 2.15. The fourth-order valence-corrected chi connectivity index (χ4v) is 2.85. The number of rotatable bonds is 9. The summed E-state index contributed by atoms with van der Waals surface area (Å²) in [4.78, 5) is 10.8. The van der Waals surface area contributed by atoms with Gasteiger partial charge in [0.1, 0.15) is 18.9 Å². The number of carbonyl (C=O) groups excluding carboxylic acids is 1. The molecular weight excluding hydrogens is 288 g/mol. The molecule has 0 aliphatic rings. The third-order valence-electron chi connectivity index (χ3n) is 4.10. The highest BCUT2D eigenvalue weighted by Gasteiger charge is 2.16. The maximum Gasteiger partial charge on any atom is 0.256 e. The molecule has 0 aliphatic heterocycles. The first-order valence-corrected chi connectivity index (χ1v) is 8.53. The van der Waals surface area contributed by atoms with Crippen LogP contribution in [-0.4, -0.2) is 10.5 Å². The number of aryl methyl sites for hydroxylation is 1. The second kappa shape index (κ2) is 8.51. The molecule has 0 atom stereocenters. The zero-order chi connectivity index (χ0) is 16.7. The summed E-state index contributed by atoms with van der Waals surface area (Å²) >= 11 is 0. The summed E-state index contributed by atoms with van der Waals surface area (Å²) in [5, 5.41) is 10.8. The number of carboxylic acids is 1. The van der Waals surface area contributed by atoms with E-state index in [4.69, 9.17) is 0 Å². The molecule has 0 aliphatic carbocycles. The van der Waals surface area contributed by atoms with Crippen molar-refractivity contribution in [3.8, 4) is 0 Å². The fourth-order valence-electron chi connectivity index (χ4n) is 2.85. The van der Waals surface area contributed by atoms with Crippen LogP contribution >= 0.6 is 0 Å². The summed E-state index contributed by atoms with van der Waals surface area (Å²) in [5.74, 6) is 0.225. The van der Waals surface area contributed by atoms with Crippen molar-refractivity contribution in [2.75, 3.05) is 0 Å². The second-order valence-electron chi connectivity index (χ2n) is 5.98. The first kappa shape index (κ1) is 17.3. The van der Waals surface area contributed by atoms with Crippen LogP contribution in [0.5, 0.6) is 0 Å². The Kier molecular flexibility index (Phi) is 6.39. The minimum Gasteiger partial charge on any atom is -0.545 e. The molecule has 2 aromatic rings. The van der Waals surface area contributed by atoms with E-state index in [2.05, 4.69) is 35.4 Å². The molecule has 0 saturated heterocycles. The summed E-state index contributed by atoms with van der Waals surface area (Å²) in [7, 11) is 0. The number of hydrogen-bond acceptors (Lipinski definition) is 2. The van der Waals surface area contributed by atoms with E-state index in [0.29, 0.717) is 0 Å². The zero-order valence-electron chi connectivity index (χ0n) is 14.1. The third kappa shape index (κ3) is 4.68. The highest BCUT2D eigenvalue weighted by molar-refractivity contribution is 5.85. The minimum absolute atomic E-state index is 0.227. The van der Waals surface area contributed by atoms with Crippen LogP contribution in [0.15, 0.2) is 36.7 Å². The zero-order valence-corrected chi connectivity index (χ0v) is 14.1. The Morgan fingerprint density at radius 1 is 1.13 bits per heavy atom. The van der Waals surface area contributed by atoms with E-state index in [9.17, 15) is 9.90 Å². The molecule has 1 heterocycles. The summed E-state index contributed by atoms with van der Waals surface area (Å²) in [6, 6.07) is 6.96. The first-order chi connectivity index (χ1) is 11.2. The van der Waals surface area contributed by atoms with Gasteiger partial charge in [0.25, 0.3) is 5.82 Å². The van der Waals surface area contributed by atoms with Crippen LogP contribution in [0.25, 0.3) is 0 Å². The number of hydrogen-bond donors (Lipinski definition) is 0. The molecule has 2 rings (SSSR count). The van der Waals surface area contributed by atoms with Crippen molar-refractivity contribution >= 4 is 5.97 Å². The molecular formula is C19H26N2O2. The number of carbonyl (C=O) groups is 1. The maximum absolute atomic E-state index is 10.8. The average Bonchev–Trinajstić information content (AvgIpc) is 2.91. The average molecular weight is 314 g/mol. The largest absolute Gasteiger partial charge is 0.545 e. The van der Waals surface area contributed by atoms with Gasteiger partial charge < -0.3 is 9.90 Å². The highest BCUT2D eigenvalue weighted by Crippen LogP contribution is 2.08. The van der Waals surface area contributed by atoms with Crippen LogP contribution in [-0.2, 0) is 19.5 Å². The van der Waals surface area contributed by atoms with Gasteiger partial charge in [-0.25, -0.2) is 9.13 Å². The van der Waals surface area contributed by atoms with Crippen LogP contribution in [0.2, 0.25) is 0 Å². The van der Waals surface area contributed by atoms with Crippen LogP contribution in [0.3, 0.4) is 0 Å².